The molecular formula is C14H11ClFNO. The Kier molecular flexibility index (Phi) is 3.63. The normalized spacial score (nSPS) is 10.3. The van der Waals surface area contributed by atoms with Crippen LogP contribution < -0.4 is 5.73 Å². The van der Waals surface area contributed by atoms with Crippen LogP contribution in [0.4, 0.5) is 10.1 Å². The van der Waals surface area contributed by atoms with Crippen molar-refractivity contribution in [1.29, 1.82) is 0 Å². The number of halogens is 2. The van der Waals surface area contributed by atoms with Crippen molar-refractivity contribution in [3.63, 3.8) is 0 Å². The Bertz CT molecular complexity index is 598. The molecule has 0 radical (unpaired) electrons. The Hall–Kier alpha value is -1.87. The highest BCUT2D eigenvalue weighted by Gasteiger charge is 2.11. The van der Waals surface area contributed by atoms with Crippen molar-refractivity contribution in [2.45, 2.75) is 6.42 Å². The molecule has 0 amide bonds. The standard InChI is InChI=1S/C14H11ClFNO/c15-11-6-5-9(7-12(11)16)8-14(18)10-3-1-2-4-13(10)17/h1-7H,8,17H2. The minimum absolute atomic E-state index is 0.0467. The fraction of sp³-hybridized carbons (Fsp3) is 0.0714. The molecule has 92 valence electrons. The first-order chi connectivity index (χ1) is 8.58. The minimum Gasteiger partial charge on any atom is -0.398 e. The average molecular weight is 264 g/mol. The number of ketones is 1. The van der Waals surface area contributed by atoms with E-state index < -0.39 is 5.82 Å². The molecule has 0 bridgehead atoms. The van der Waals surface area contributed by atoms with Crippen LogP contribution >= 0.6 is 11.6 Å². The number of carbonyl (C=O) groups is 1. The van der Waals surface area contributed by atoms with Gasteiger partial charge in [-0.25, -0.2) is 4.39 Å². The molecule has 2 rings (SSSR count). The van der Waals surface area contributed by atoms with Gasteiger partial charge in [0.2, 0.25) is 0 Å². The molecule has 0 heterocycles. The van der Waals surface area contributed by atoms with Crippen molar-refractivity contribution >= 4 is 23.1 Å². The van der Waals surface area contributed by atoms with Crippen molar-refractivity contribution in [3.8, 4) is 0 Å². The zero-order chi connectivity index (χ0) is 13.1. The van der Waals surface area contributed by atoms with E-state index in [0.29, 0.717) is 16.8 Å². The second-order valence-corrected chi connectivity index (χ2v) is 4.34. The maximum atomic E-state index is 13.2. The Balaban J connectivity index is 2.22. The van der Waals surface area contributed by atoms with Gasteiger partial charge in [-0.1, -0.05) is 29.8 Å². The van der Waals surface area contributed by atoms with Gasteiger partial charge in [0.15, 0.2) is 5.78 Å². The second kappa shape index (κ2) is 5.19. The van der Waals surface area contributed by atoms with Gasteiger partial charge < -0.3 is 5.73 Å². The van der Waals surface area contributed by atoms with E-state index in [1.165, 1.54) is 12.1 Å². The van der Waals surface area contributed by atoms with E-state index in [0.717, 1.165) is 0 Å². The summed E-state index contributed by atoms with van der Waals surface area (Å²) in [6.07, 6.45) is 0.0995. The van der Waals surface area contributed by atoms with Gasteiger partial charge in [-0.2, -0.15) is 0 Å². The quantitative estimate of drug-likeness (QED) is 0.680. The average Bonchev–Trinajstić information content (AvgIpc) is 2.34. The van der Waals surface area contributed by atoms with E-state index in [9.17, 15) is 9.18 Å². The molecule has 0 aromatic heterocycles. The molecular weight excluding hydrogens is 253 g/mol. The summed E-state index contributed by atoms with van der Waals surface area (Å²) in [6.45, 7) is 0. The van der Waals surface area contributed by atoms with Crippen molar-refractivity contribution in [2.75, 3.05) is 5.73 Å². The third-order valence-corrected chi connectivity index (χ3v) is 2.92. The number of nitrogen functional groups attached to an aromatic ring is 1. The minimum atomic E-state index is -0.525. The lowest BCUT2D eigenvalue weighted by Crippen LogP contribution is -2.07. The highest BCUT2D eigenvalue weighted by Crippen LogP contribution is 2.18. The number of rotatable bonds is 3. The Morgan fingerprint density at radius 1 is 1.22 bits per heavy atom. The number of hydrogen-bond donors (Lipinski definition) is 1. The molecule has 0 spiro atoms. The number of para-hydroxylation sites is 1. The van der Waals surface area contributed by atoms with E-state index in [2.05, 4.69) is 0 Å². The van der Waals surface area contributed by atoms with Crippen molar-refractivity contribution in [3.05, 3.63) is 64.4 Å². The van der Waals surface area contributed by atoms with E-state index in [-0.39, 0.29) is 17.2 Å². The molecule has 2 N–H and O–H groups in total. The molecule has 0 atom stereocenters. The summed E-state index contributed by atoms with van der Waals surface area (Å²) in [7, 11) is 0. The van der Waals surface area contributed by atoms with Crippen LogP contribution in [0, 0.1) is 5.82 Å². The number of carbonyl (C=O) groups excluding carboxylic acids is 1. The fourth-order valence-electron chi connectivity index (χ4n) is 1.68. The number of hydrogen-bond acceptors (Lipinski definition) is 2. The molecule has 0 fully saturated rings. The maximum absolute atomic E-state index is 13.2. The van der Waals surface area contributed by atoms with Crippen LogP contribution in [0.2, 0.25) is 5.02 Å². The van der Waals surface area contributed by atoms with Crippen LogP contribution in [0.1, 0.15) is 15.9 Å². The molecule has 2 aromatic rings. The predicted octanol–water partition coefficient (Wildman–Crippen LogP) is 3.49. The Labute approximate surface area is 109 Å². The van der Waals surface area contributed by atoms with Gasteiger partial charge in [-0.3, -0.25) is 4.79 Å². The molecule has 0 unspecified atom stereocenters. The van der Waals surface area contributed by atoms with E-state index in [4.69, 9.17) is 17.3 Å². The van der Waals surface area contributed by atoms with Crippen LogP contribution in [0.25, 0.3) is 0 Å². The summed E-state index contributed by atoms with van der Waals surface area (Å²) in [4.78, 5) is 12.0. The fourth-order valence-corrected chi connectivity index (χ4v) is 1.80. The van der Waals surface area contributed by atoms with Crippen molar-refractivity contribution < 1.29 is 9.18 Å². The SMILES string of the molecule is Nc1ccccc1C(=O)Cc1ccc(Cl)c(F)c1. The summed E-state index contributed by atoms with van der Waals surface area (Å²) in [5.74, 6) is -0.669. The first kappa shape index (κ1) is 12.6. The lowest BCUT2D eigenvalue weighted by molar-refractivity contribution is 0.0994. The largest absolute Gasteiger partial charge is 0.398 e. The summed E-state index contributed by atoms with van der Waals surface area (Å²) >= 11 is 5.58. The summed E-state index contributed by atoms with van der Waals surface area (Å²) < 4.78 is 13.2. The van der Waals surface area contributed by atoms with Crippen molar-refractivity contribution in [2.24, 2.45) is 0 Å². The summed E-state index contributed by atoms with van der Waals surface area (Å²) in [5.41, 5.74) is 7.17. The van der Waals surface area contributed by atoms with Crippen LogP contribution in [0.3, 0.4) is 0 Å². The highest BCUT2D eigenvalue weighted by atomic mass is 35.5. The number of benzene rings is 2. The number of nitrogens with two attached hydrogens (primary N) is 1. The topological polar surface area (TPSA) is 43.1 Å². The van der Waals surface area contributed by atoms with Gasteiger partial charge in [0.25, 0.3) is 0 Å². The third kappa shape index (κ3) is 2.68. The highest BCUT2D eigenvalue weighted by molar-refractivity contribution is 6.30. The molecule has 0 aliphatic carbocycles. The molecule has 2 nitrogen and oxygen atoms in total. The molecule has 18 heavy (non-hydrogen) atoms. The molecule has 0 saturated heterocycles. The second-order valence-electron chi connectivity index (χ2n) is 3.94. The first-order valence-electron chi connectivity index (χ1n) is 5.39. The first-order valence-corrected chi connectivity index (χ1v) is 5.77. The van der Waals surface area contributed by atoms with E-state index >= 15 is 0 Å². The van der Waals surface area contributed by atoms with Crippen molar-refractivity contribution in [1.82, 2.24) is 0 Å². The van der Waals surface area contributed by atoms with Gasteiger partial charge in [0.1, 0.15) is 5.82 Å². The van der Waals surface area contributed by atoms with Crippen LogP contribution in [0.15, 0.2) is 42.5 Å². The van der Waals surface area contributed by atoms with Crippen LogP contribution in [0.5, 0.6) is 0 Å². The molecule has 0 aliphatic heterocycles. The van der Waals surface area contributed by atoms with E-state index in [1.54, 1.807) is 30.3 Å². The zero-order valence-corrected chi connectivity index (χ0v) is 10.2. The van der Waals surface area contributed by atoms with Gasteiger partial charge >= 0.3 is 0 Å². The number of anilines is 1. The number of Topliss-reactive ketones (excluding diaryl/α,β-unsaturated/α-hetero) is 1. The smallest absolute Gasteiger partial charge is 0.169 e. The molecule has 2 aromatic carbocycles. The Morgan fingerprint density at radius 2 is 1.94 bits per heavy atom. The third-order valence-electron chi connectivity index (χ3n) is 2.61. The van der Waals surface area contributed by atoms with Gasteiger partial charge in [0.05, 0.1) is 5.02 Å². The van der Waals surface area contributed by atoms with Crippen LogP contribution in [-0.2, 0) is 6.42 Å². The van der Waals surface area contributed by atoms with Gasteiger partial charge in [-0.15, -0.1) is 0 Å². The molecule has 0 saturated carbocycles. The lowest BCUT2D eigenvalue weighted by atomic mass is 10.0. The maximum Gasteiger partial charge on any atom is 0.169 e. The summed E-state index contributed by atoms with van der Waals surface area (Å²) in [6, 6.07) is 11.1. The monoisotopic (exact) mass is 263 g/mol. The molecule has 4 heteroatoms. The van der Waals surface area contributed by atoms with Crippen LogP contribution in [-0.4, -0.2) is 5.78 Å². The lowest BCUT2D eigenvalue weighted by Gasteiger charge is -2.05. The summed E-state index contributed by atoms with van der Waals surface area (Å²) in [5, 5.41) is 0.0467. The zero-order valence-electron chi connectivity index (χ0n) is 9.49. The predicted molar refractivity (Wildman–Crippen MR) is 70.3 cm³/mol. The van der Waals surface area contributed by atoms with Gasteiger partial charge in [-0.05, 0) is 29.8 Å². The Morgan fingerprint density at radius 3 is 2.61 bits per heavy atom. The molecule has 0 aliphatic rings. The van der Waals surface area contributed by atoms with Gasteiger partial charge in [0, 0.05) is 17.7 Å². The van der Waals surface area contributed by atoms with E-state index in [1.807, 2.05) is 0 Å².